The molecule has 0 aromatic carbocycles. The van der Waals surface area contributed by atoms with Gasteiger partial charge in [-0.25, -0.2) is 5.10 Å². The van der Waals surface area contributed by atoms with Gasteiger partial charge in [0.1, 0.15) is 5.02 Å². The maximum absolute atomic E-state index is 10.9. The van der Waals surface area contributed by atoms with Crippen molar-refractivity contribution in [2.24, 2.45) is 0 Å². The van der Waals surface area contributed by atoms with Gasteiger partial charge in [-0.1, -0.05) is 11.6 Å². The highest BCUT2D eigenvalue weighted by atomic mass is 35.5. The molecule has 70 valence electrons. The van der Waals surface area contributed by atoms with Gasteiger partial charge in [-0.15, -0.1) is 0 Å². The van der Waals surface area contributed by atoms with E-state index < -0.39 is 0 Å². The number of nitrogens with one attached hydrogen (secondary N) is 1. The molecule has 0 spiro atoms. The molecule has 2 heterocycles. The monoisotopic (exact) mass is 207 g/mol. The predicted molar refractivity (Wildman–Crippen MR) is 53.1 cm³/mol. The molecule has 0 fully saturated rings. The van der Waals surface area contributed by atoms with Crippen molar-refractivity contribution < 1.29 is 0 Å². The lowest BCUT2D eigenvalue weighted by atomic mass is 10.2. The van der Waals surface area contributed by atoms with E-state index in [1.54, 1.807) is 18.5 Å². The van der Waals surface area contributed by atoms with Gasteiger partial charge < -0.3 is 0 Å². The van der Waals surface area contributed by atoms with Crippen LogP contribution in [0, 0.1) is 0 Å². The summed E-state index contributed by atoms with van der Waals surface area (Å²) >= 11 is 5.66. The third-order valence-corrected chi connectivity index (χ3v) is 2.00. The Morgan fingerprint density at radius 3 is 2.93 bits per heavy atom. The zero-order valence-corrected chi connectivity index (χ0v) is 7.82. The number of aromatic amines is 1. The average Bonchev–Trinajstić information content (AvgIpc) is 2.23. The molecule has 14 heavy (non-hydrogen) atoms. The summed E-state index contributed by atoms with van der Waals surface area (Å²) in [7, 11) is 0. The summed E-state index contributed by atoms with van der Waals surface area (Å²) in [5.74, 6) is 0. The molecule has 2 rings (SSSR count). The van der Waals surface area contributed by atoms with Crippen molar-refractivity contribution >= 4 is 11.6 Å². The molecule has 5 heteroatoms. The molecular weight excluding hydrogens is 202 g/mol. The van der Waals surface area contributed by atoms with Crippen LogP contribution in [0.3, 0.4) is 0 Å². The maximum Gasteiger partial charge on any atom is 0.282 e. The second kappa shape index (κ2) is 3.59. The van der Waals surface area contributed by atoms with Gasteiger partial charge in [-0.05, 0) is 18.2 Å². The van der Waals surface area contributed by atoms with Crippen molar-refractivity contribution in [2.75, 3.05) is 0 Å². The molecule has 4 nitrogen and oxygen atoms in total. The van der Waals surface area contributed by atoms with E-state index in [0.717, 1.165) is 5.56 Å². The van der Waals surface area contributed by atoms with Crippen LogP contribution in [0.4, 0.5) is 0 Å². The normalized spacial score (nSPS) is 10.1. The Morgan fingerprint density at radius 2 is 2.29 bits per heavy atom. The number of rotatable bonds is 1. The third-order valence-electron chi connectivity index (χ3n) is 1.72. The van der Waals surface area contributed by atoms with Crippen LogP contribution in [0.25, 0.3) is 11.3 Å². The van der Waals surface area contributed by atoms with Gasteiger partial charge in [0.25, 0.3) is 5.56 Å². The van der Waals surface area contributed by atoms with Crippen LogP contribution in [0.2, 0.25) is 5.02 Å². The van der Waals surface area contributed by atoms with E-state index in [2.05, 4.69) is 15.2 Å². The zero-order valence-electron chi connectivity index (χ0n) is 7.07. The fourth-order valence-electron chi connectivity index (χ4n) is 1.04. The molecule has 0 aliphatic heterocycles. The van der Waals surface area contributed by atoms with E-state index in [0.29, 0.717) is 5.69 Å². The Kier molecular flexibility index (Phi) is 2.28. The fraction of sp³-hybridized carbons (Fsp3) is 0. The van der Waals surface area contributed by atoms with Gasteiger partial charge in [0, 0.05) is 18.0 Å². The Morgan fingerprint density at radius 1 is 1.43 bits per heavy atom. The predicted octanol–water partition coefficient (Wildman–Crippen LogP) is 1.49. The minimum atomic E-state index is -0.390. The number of aromatic nitrogens is 3. The van der Waals surface area contributed by atoms with Crippen LogP contribution in [0.15, 0.2) is 35.4 Å². The van der Waals surface area contributed by atoms with Gasteiger partial charge in [0.15, 0.2) is 0 Å². The van der Waals surface area contributed by atoms with Crippen LogP contribution in [-0.4, -0.2) is 15.2 Å². The standard InChI is InChI=1S/C9H6ClN3O/c10-7-4-8(12-13-9(7)14)6-2-1-3-11-5-6/h1-5H,(H,13,14). The summed E-state index contributed by atoms with van der Waals surface area (Å²) < 4.78 is 0. The minimum absolute atomic E-state index is 0.124. The summed E-state index contributed by atoms with van der Waals surface area (Å²) in [4.78, 5) is 14.9. The number of pyridine rings is 1. The molecule has 0 amide bonds. The largest absolute Gasteiger partial charge is 0.282 e. The molecule has 0 saturated heterocycles. The summed E-state index contributed by atoms with van der Waals surface area (Å²) in [5, 5.41) is 6.27. The number of hydrogen-bond acceptors (Lipinski definition) is 3. The smallest absolute Gasteiger partial charge is 0.266 e. The molecule has 0 aliphatic rings. The van der Waals surface area contributed by atoms with Crippen LogP contribution in [0.1, 0.15) is 0 Å². The van der Waals surface area contributed by atoms with Gasteiger partial charge in [0.2, 0.25) is 0 Å². The lowest BCUT2D eigenvalue weighted by Gasteiger charge is -1.98. The van der Waals surface area contributed by atoms with Crippen molar-refractivity contribution in [2.45, 2.75) is 0 Å². The van der Waals surface area contributed by atoms with Crippen LogP contribution >= 0.6 is 11.6 Å². The number of halogens is 1. The summed E-state index contributed by atoms with van der Waals surface area (Å²) in [5.41, 5.74) is 1.02. The number of hydrogen-bond donors (Lipinski definition) is 1. The molecule has 0 unspecified atom stereocenters. The van der Waals surface area contributed by atoms with Gasteiger partial charge in [-0.2, -0.15) is 5.10 Å². The molecule has 0 atom stereocenters. The van der Waals surface area contributed by atoms with E-state index in [4.69, 9.17) is 11.6 Å². The lowest BCUT2D eigenvalue weighted by Crippen LogP contribution is -2.08. The molecular formula is C9H6ClN3O. The molecule has 0 bridgehead atoms. The van der Waals surface area contributed by atoms with Crippen molar-refractivity contribution in [1.29, 1.82) is 0 Å². The maximum atomic E-state index is 10.9. The van der Waals surface area contributed by atoms with Crippen molar-refractivity contribution in [3.05, 3.63) is 46.0 Å². The van der Waals surface area contributed by atoms with Crippen LogP contribution in [0.5, 0.6) is 0 Å². The Bertz CT molecular complexity index is 495. The first-order valence-corrected chi connectivity index (χ1v) is 4.31. The van der Waals surface area contributed by atoms with Gasteiger partial charge in [-0.3, -0.25) is 9.78 Å². The van der Waals surface area contributed by atoms with Crippen molar-refractivity contribution in [3.63, 3.8) is 0 Å². The number of nitrogens with zero attached hydrogens (tertiary/aromatic N) is 2. The summed E-state index contributed by atoms with van der Waals surface area (Å²) in [6.45, 7) is 0. The fourth-order valence-corrected chi connectivity index (χ4v) is 1.19. The van der Waals surface area contributed by atoms with E-state index in [1.807, 2.05) is 6.07 Å². The van der Waals surface area contributed by atoms with Crippen LogP contribution < -0.4 is 5.56 Å². The topological polar surface area (TPSA) is 58.6 Å². The lowest BCUT2D eigenvalue weighted by molar-refractivity contribution is 0.994. The summed E-state index contributed by atoms with van der Waals surface area (Å²) in [6.07, 6.45) is 3.31. The Balaban J connectivity index is 2.54. The molecule has 2 aromatic rings. The first-order valence-electron chi connectivity index (χ1n) is 3.93. The average molecular weight is 208 g/mol. The molecule has 0 radical (unpaired) electrons. The van der Waals surface area contributed by atoms with E-state index in [1.165, 1.54) is 6.07 Å². The van der Waals surface area contributed by atoms with Crippen molar-refractivity contribution in [3.8, 4) is 11.3 Å². The molecule has 0 aliphatic carbocycles. The van der Waals surface area contributed by atoms with Crippen LogP contribution in [-0.2, 0) is 0 Å². The second-order valence-electron chi connectivity index (χ2n) is 2.67. The third kappa shape index (κ3) is 1.65. The van der Waals surface area contributed by atoms with Gasteiger partial charge >= 0.3 is 0 Å². The zero-order chi connectivity index (χ0) is 9.97. The van der Waals surface area contributed by atoms with E-state index >= 15 is 0 Å². The number of H-pyrrole nitrogens is 1. The Hall–Kier alpha value is -1.68. The molecule has 0 saturated carbocycles. The minimum Gasteiger partial charge on any atom is -0.266 e. The molecule has 1 N–H and O–H groups in total. The quantitative estimate of drug-likeness (QED) is 0.771. The van der Waals surface area contributed by atoms with E-state index in [9.17, 15) is 4.79 Å². The highest BCUT2D eigenvalue weighted by Gasteiger charge is 2.02. The van der Waals surface area contributed by atoms with E-state index in [-0.39, 0.29) is 10.6 Å². The van der Waals surface area contributed by atoms with Crippen molar-refractivity contribution in [1.82, 2.24) is 15.2 Å². The highest BCUT2D eigenvalue weighted by molar-refractivity contribution is 6.30. The molecule has 2 aromatic heterocycles. The first kappa shape index (κ1) is 8.90. The first-order chi connectivity index (χ1) is 6.77. The van der Waals surface area contributed by atoms with Gasteiger partial charge in [0.05, 0.1) is 5.69 Å². The second-order valence-corrected chi connectivity index (χ2v) is 3.08. The highest BCUT2D eigenvalue weighted by Crippen LogP contribution is 2.15. The Labute approximate surface area is 84.6 Å². The SMILES string of the molecule is O=c1[nH]nc(-c2cccnc2)cc1Cl. The summed E-state index contributed by atoms with van der Waals surface area (Å²) in [6, 6.07) is 5.14.